The van der Waals surface area contributed by atoms with Crippen LogP contribution in [0.5, 0.6) is 0 Å². The largest absolute Gasteiger partial charge is 0.378 e. The molecule has 1 aliphatic heterocycles. The average Bonchev–Trinajstić information content (AvgIpc) is 2.40. The third-order valence-corrected chi connectivity index (χ3v) is 2.89. The number of benzene rings is 1. The van der Waals surface area contributed by atoms with E-state index in [4.69, 9.17) is 4.74 Å². The van der Waals surface area contributed by atoms with Crippen molar-refractivity contribution in [2.45, 2.75) is 6.92 Å². The molecule has 0 aliphatic carbocycles. The zero-order valence-corrected chi connectivity index (χ0v) is 10.6. The van der Waals surface area contributed by atoms with Crippen LogP contribution in [-0.4, -0.2) is 37.1 Å². The van der Waals surface area contributed by atoms with Crippen LogP contribution in [0.3, 0.4) is 0 Å². The maximum Gasteiger partial charge on any atom is 0.250 e. The SMILES string of the molecule is C/C(=C/C(=O)Nc1ccccc1)N1CCOCC1. The van der Waals surface area contributed by atoms with Gasteiger partial charge in [-0.1, -0.05) is 18.2 Å². The maximum absolute atomic E-state index is 11.8. The zero-order chi connectivity index (χ0) is 12.8. The Bertz CT molecular complexity index is 423. The zero-order valence-electron chi connectivity index (χ0n) is 10.6. The van der Waals surface area contributed by atoms with Crippen molar-refractivity contribution in [2.24, 2.45) is 0 Å². The summed E-state index contributed by atoms with van der Waals surface area (Å²) >= 11 is 0. The first-order chi connectivity index (χ1) is 8.75. The Labute approximate surface area is 107 Å². The van der Waals surface area contributed by atoms with Crippen molar-refractivity contribution >= 4 is 11.6 Å². The number of morpholine rings is 1. The summed E-state index contributed by atoms with van der Waals surface area (Å²) in [4.78, 5) is 14.0. The highest BCUT2D eigenvalue weighted by Gasteiger charge is 2.11. The van der Waals surface area contributed by atoms with E-state index in [1.54, 1.807) is 6.08 Å². The van der Waals surface area contributed by atoms with Crippen LogP contribution in [0.25, 0.3) is 0 Å². The number of carbonyl (C=O) groups is 1. The summed E-state index contributed by atoms with van der Waals surface area (Å²) < 4.78 is 5.28. The van der Waals surface area contributed by atoms with Crippen molar-refractivity contribution in [1.82, 2.24) is 4.90 Å². The van der Waals surface area contributed by atoms with E-state index in [1.165, 1.54) is 0 Å². The summed E-state index contributed by atoms with van der Waals surface area (Å²) in [5.74, 6) is -0.0924. The number of rotatable bonds is 3. The van der Waals surface area contributed by atoms with Crippen molar-refractivity contribution in [2.75, 3.05) is 31.6 Å². The second-order valence-corrected chi connectivity index (χ2v) is 4.24. The summed E-state index contributed by atoms with van der Waals surface area (Å²) in [7, 11) is 0. The lowest BCUT2D eigenvalue weighted by Crippen LogP contribution is -2.35. The second kappa shape index (κ2) is 6.21. The Balaban J connectivity index is 1.93. The normalized spacial score (nSPS) is 16.5. The Morgan fingerprint density at radius 1 is 1.28 bits per heavy atom. The smallest absolute Gasteiger partial charge is 0.250 e. The fraction of sp³-hybridized carbons (Fsp3) is 0.357. The molecular weight excluding hydrogens is 228 g/mol. The van der Waals surface area contributed by atoms with Gasteiger partial charge in [-0.25, -0.2) is 0 Å². The standard InChI is InChI=1S/C14H18N2O2/c1-12(16-7-9-18-10-8-16)11-14(17)15-13-5-3-2-4-6-13/h2-6,11H,7-10H2,1H3,(H,15,17)/b12-11-. The van der Waals surface area contributed by atoms with Crippen LogP contribution in [0.4, 0.5) is 5.69 Å². The lowest BCUT2D eigenvalue weighted by molar-refractivity contribution is -0.112. The van der Waals surface area contributed by atoms with Crippen molar-refractivity contribution in [3.8, 4) is 0 Å². The van der Waals surface area contributed by atoms with Gasteiger partial charge in [0.2, 0.25) is 5.91 Å². The van der Waals surface area contributed by atoms with Crippen LogP contribution in [-0.2, 0) is 9.53 Å². The number of ether oxygens (including phenoxy) is 1. The molecule has 0 atom stereocenters. The summed E-state index contributed by atoms with van der Waals surface area (Å²) in [5.41, 5.74) is 1.79. The van der Waals surface area contributed by atoms with Gasteiger partial charge < -0.3 is 15.0 Å². The molecule has 1 aliphatic rings. The lowest BCUT2D eigenvalue weighted by Gasteiger charge is -2.29. The molecule has 0 radical (unpaired) electrons. The van der Waals surface area contributed by atoms with E-state index in [0.29, 0.717) is 0 Å². The van der Waals surface area contributed by atoms with E-state index < -0.39 is 0 Å². The summed E-state index contributed by atoms with van der Waals surface area (Å²) in [6.45, 7) is 5.11. The van der Waals surface area contributed by atoms with Crippen molar-refractivity contribution < 1.29 is 9.53 Å². The van der Waals surface area contributed by atoms with Gasteiger partial charge in [-0.05, 0) is 19.1 Å². The topological polar surface area (TPSA) is 41.6 Å². The molecule has 0 spiro atoms. The molecule has 1 saturated heterocycles. The molecule has 1 amide bonds. The molecule has 4 nitrogen and oxygen atoms in total. The molecule has 1 aromatic rings. The number of amides is 1. The van der Waals surface area contributed by atoms with Crippen LogP contribution in [0.2, 0.25) is 0 Å². The molecule has 0 saturated carbocycles. The van der Waals surface area contributed by atoms with Gasteiger partial charge in [-0.3, -0.25) is 4.79 Å². The Morgan fingerprint density at radius 3 is 2.61 bits per heavy atom. The Kier molecular flexibility index (Phi) is 4.36. The number of anilines is 1. The molecule has 1 fully saturated rings. The number of hydrogen-bond acceptors (Lipinski definition) is 3. The molecule has 1 aromatic carbocycles. The van der Waals surface area contributed by atoms with Gasteiger partial charge >= 0.3 is 0 Å². The van der Waals surface area contributed by atoms with Crippen molar-refractivity contribution in [1.29, 1.82) is 0 Å². The quantitative estimate of drug-likeness (QED) is 0.828. The first-order valence-electron chi connectivity index (χ1n) is 6.13. The predicted octanol–water partition coefficient (Wildman–Crippen LogP) is 1.86. The van der Waals surface area contributed by atoms with E-state index in [0.717, 1.165) is 37.7 Å². The minimum atomic E-state index is -0.0924. The number of hydrogen-bond donors (Lipinski definition) is 1. The Hall–Kier alpha value is -1.81. The fourth-order valence-electron chi connectivity index (χ4n) is 1.90. The minimum absolute atomic E-state index is 0.0924. The fourth-order valence-corrected chi connectivity index (χ4v) is 1.90. The van der Waals surface area contributed by atoms with Crippen molar-refractivity contribution in [3.63, 3.8) is 0 Å². The van der Waals surface area contributed by atoms with Gasteiger partial charge in [0, 0.05) is 30.5 Å². The molecule has 4 heteroatoms. The minimum Gasteiger partial charge on any atom is -0.378 e. The monoisotopic (exact) mass is 246 g/mol. The molecule has 1 N–H and O–H groups in total. The summed E-state index contributed by atoms with van der Waals surface area (Å²) in [6, 6.07) is 9.46. The highest BCUT2D eigenvalue weighted by molar-refractivity contribution is 5.99. The van der Waals surface area contributed by atoms with E-state index in [-0.39, 0.29) is 5.91 Å². The molecule has 0 aromatic heterocycles. The summed E-state index contributed by atoms with van der Waals surface area (Å²) in [6.07, 6.45) is 1.64. The predicted molar refractivity (Wildman–Crippen MR) is 71.2 cm³/mol. The van der Waals surface area contributed by atoms with Gasteiger partial charge in [-0.2, -0.15) is 0 Å². The molecule has 0 unspecified atom stereocenters. The maximum atomic E-state index is 11.8. The third-order valence-electron chi connectivity index (χ3n) is 2.89. The molecular formula is C14H18N2O2. The van der Waals surface area contributed by atoms with E-state index in [2.05, 4.69) is 10.2 Å². The van der Waals surface area contributed by atoms with Crippen LogP contribution in [0.15, 0.2) is 42.1 Å². The molecule has 0 bridgehead atoms. The number of nitrogens with one attached hydrogen (secondary N) is 1. The van der Waals surface area contributed by atoms with Gasteiger partial charge in [0.1, 0.15) is 0 Å². The average molecular weight is 246 g/mol. The highest BCUT2D eigenvalue weighted by atomic mass is 16.5. The van der Waals surface area contributed by atoms with E-state index in [1.807, 2.05) is 37.3 Å². The van der Waals surface area contributed by atoms with Crippen LogP contribution in [0, 0.1) is 0 Å². The molecule has 1 heterocycles. The van der Waals surface area contributed by atoms with Crippen LogP contribution in [0.1, 0.15) is 6.92 Å². The molecule has 18 heavy (non-hydrogen) atoms. The number of allylic oxidation sites excluding steroid dienone is 1. The van der Waals surface area contributed by atoms with Crippen LogP contribution < -0.4 is 5.32 Å². The van der Waals surface area contributed by atoms with Gasteiger partial charge in [0.25, 0.3) is 0 Å². The number of carbonyl (C=O) groups excluding carboxylic acids is 1. The van der Waals surface area contributed by atoms with E-state index in [9.17, 15) is 4.79 Å². The molecule has 2 rings (SSSR count). The first-order valence-corrected chi connectivity index (χ1v) is 6.13. The lowest BCUT2D eigenvalue weighted by atomic mass is 10.3. The molecule has 96 valence electrons. The third kappa shape index (κ3) is 3.60. The van der Waals surface area contributed by atoms with Crippen LogP contribution >= 0.6 is 0 Å². The number of para-hydroxylation sites is 1. The summed E-state index contributed by atoms with van der Waals surface area (Å²) in [5, 5.41) is 2.84. The first kappa shape index (κ1) is 12.6. The Morgan fingerprint density at radius 2 is 1.94 bits per heavy atom. The highest BCUT2D eigenvalue weighted by Crippen LogP contribution is 2.09. The van der Waals surface area contributed by atoms with Gasteiger partial charge in [0.15, 0.2) is 0 Å². The number of nitrogens with zero attached hydrogens (tertiary/aromatic N) is 1. The van der Waals surface area contributed by atoms with E-state index >= 15 is 0 Å². The van der Waals surface area contributed by atoms with Gasteiger partial charge in [-0.15, -0.1) is 0 Å². The van der Waals surface area contributed by atoms with Crippen molar-refractivity contribution in [3.05, 3.63) is 42.1 Å². The second-order valence-electron chi connectivity index (χ2n) is 4.24. The van der Waals surface area contributed by atoms with Gasteiger partial charge in [0.05, 0.1) is 13.2 Å².